The molecule has 0 saturated carbocycles. The van der Waals surface area contributed by atoms with Crippen LogP contribution in [-0.4, -0.2) is 25.6 Å². The Bertz CT molecular complexity index is 743. The number of anilines is 2. The highest BCUT2D eigenvalue weighted by molar-refractivity contribution is 7.90. The third-order valence-electron chi connectivity index (χ3n) is 2.54. The summed E-state index contributed by atoms with van der Waals surface area (Å²) in [5.41, 5.74) is 6.53. The lowest BCUT2D eigenvalue weighted by atomic mass is 10.2. The Morgan fingerprint density at radius 1 is 1.30 bits per heavy atom. The Hall–Kier alpha value is -2.41. The molecule has 3 N–H and O–H groups in total. The maximum absolute atomic E-state index is 12.1. The average molecular weight is 291 g/mol. The lowest BCUT2D eigenvalue weighted by molar-refractivity contribution is 0.102. The molecule has 0 radical (unpaired) electrons. The van der Waals surface area contributed by atoms with Crippen molar-refractivity contribution in [2.45, 2.75) is 4.90 Å². The predicted molar refractivity (Wildman–Crippen MR) is 76.2 cm³/mol. The van der Waals surface area contributed by atoms with Crippen LogP contribution in [0.5, 0.6) is 0 Å². The summed E-state index contributed by atoms with van der Waals surface area (Å²) in [6.07, 6.45) is 4.13. The number of nitrogens with zero attached hydrogens (tertiary/aromatic N) is 1. The molecule has 0 aliphatic heterocycles. The number of nitrogen functional groups attached to an aromatic ring is 1. The second-order valence-corrected chi connectivity index (χ2v) is 6.27. The fraction of sp³-hybridized carbons (Fsp3) is 0.0769. The summed E-state index contributed by atoms with van der Waals surface area (Å²) in [6.45, 7) is 0. The molecule has 0 atom stereocenters. The van der Waals surface area contributed by atoms with Crippen LogP contribution in [0.15, 0.2) is 47.6 Å². The molecule has 7 heteroatoms. The van der Waals surface area contributed by atoms with Gasteiger partial charge in [0.2, 0.25) is 0 Å². The molecule has 20 heavy (non-hydrogen) atoms. The number of sulfone groups is 1. The molecule has 1 aromatic heterocycles. The lowest BCUT2D eigenvalue weighted by Crippen LogP contribution is -2.13. The molecule has 0 saturated heterocycles. The van der Waals surface area contributed by atoms with Gasteiger partial charge < -0.3 is 11.1 Å². The number of hydrogen-bond donors (Lipinski definition) is 2. The minimum absolute atomic E-state index is 0.00818. The summed E-state index contributed by atoms with van der Waals surface area (Å²) < 4.78 is 23.0. The molecule has 6 nitrogen and oxygen atoms in total. The zero-order chi connectivity index (χ0) is 14.8. The fourth-order valence-electron chi connectivity index (χ4n) is 1.61. The van der Waals surface area contributed by atoms with Crippen molar-refractivity contribution in [1.29, 1.82) is 0 Å². The Labute approximate surface area is 116 Å². The second-order valence-electron chi connectivity index (χ2n) is 4.26. The van der Waals surface area contributed by atoms with Crippen LogP contribution in [0.3, 0.4) is 0 Å². The Morgan fingerprint density at radius 2 is 2.05 bits per heavy atom. The number of pyridine rings is 1. The van der Waals surface area contributed by atoms with E-state index in [1.165, 1.54) is 24.4 Å². The van der Waals surface area contributed by atoms with Gasteiger partial charge in [0.25, 0.3) is 5.91 Å². The van der Waals surface area contributed by atoms with Gasteiger partial charge in [0.1, 0.15) is 0 Å². The molecule has 1 heterocycles. The third kappa shape index (κ3) is 3.33. The Kier molecular flexibility index (Phi) is 3.71. The van der Waals surface area contributed by atoms with Gasteiger partial charge in [-0.05, 0) is 30.3 Å². The number of aromatic nitrogens is 1. The monoisotopic (exact) mass is 291 g/mol. The van der Waals surface area contributed by atoms with Crippen molar-refractivity contribution in [3.8, 4) is 0 Å². The quantitative estimate of drug-likeness (QED) is 0.830. The SMILES string of the molecule is CS(=O)(=O)c1cc(N)cc(C(=O)Nc2cccnc2)c1. The number of amides is 1. The van der Waals surface area contributed by atoms with Crippen molar-refractivity contribution in [2.24, 2.45) is 0 Å². The highest BCUT2D eigenvalue weighted by Gasteiger charge is 2.13. The van der Waals surface area contributed by atoms with Crippen LogP contribution >= 0.6 is 0 Å². The first-order valence-electron chi connectivity index (χ1n) is 5.68. The molecule has 0 spiro atoms. The van der Waals surface area contributed by atoms with Crippen molar-refractivity contribution < 1.29 is 13.2 Å². The van der Waals surface area contributed by atoms with Gasteiger partial charge in [-0.2, -0.15) is 0 Å². The third-order valence-corrected chi connectivity index (χ3v) is 3.63. The first-order valence-corrected chi connectivity index (χ1v) is 7.57. The van der Waals surface area contributed by atoms with Crippen molar-refractivity contribution in [1.82, 2.24) is 4.98 Å². The molecular weight excluding hydrogens is 278 g/mol. The Morgan fingerprint density at radius 3 is 2.65 bits per heavy atom. The van der Waals surface area contributed by atoms with E-state index >= 15 is 0 Å². The summed E-state index contributed by atoms with van der Waals surface area (Å²) >= 11 is 0. The summed E-state index contributed by atoms with van der Waals surface area (Å²) in [5, 5.41) is 2.61. The highest BCUT2D eigenvalue weighted by atomic mass is 32.2. The molecule has 0 bridgehead atoms. The van der Waals surface area contributed by atoms with Crippen LogP contribution < -0.4 is 11.1 Å². The van der Waals surface area contributed by atoms with Gasteiger partial charge in [0.15, 0.2) is 9.84 Å². The van der Waals surface area contributed by atoms with E-state index in [0.717, 1.165) is 6.26 Å². The van der Waals surface area contributed by atoms with Gasteiger partial charge in [0.05, 0.1) is 16.8 Å². The molecule has 0 aliphatic carbocycles. The van der Waals surface area contributed by atoms with Gasteiger partial charge >= 0.3 is 0 Å². The summed E-state index contributed by atoms with van der Waals surface area (Å²) in [6, 6.07) is 7.37. The van der Waals surface area contributed by atoms with E-state index in [-0.39, 0.29) is 16.1 Å². The summed E-state index contributed by atoms with van der Waals surface area (Å²) in [7, 11) is -3.43. The van der Waals surface area contributed by atoms with Crippen LogP contribution in [0.25, 0.3) is 0 Å². The predicted octanol–water partition coefficient (Wildman–Crippen LogP) is 1.32. The van der Waals surface area contributed by atoms with E-state index in [1.807, 2.05) is 0 Å². The van der Waals surface area contributed by atoms with E-state index in [2.05, 4.69) is 10.3 Å². The van der Waals surface area contributed by atoms with E-state index < -0.39 is 15.7 Å². The first kappa shape index (κ1) is 14.0. The molecule has 0 unspecified atom stereocenters. The van der Waals surface area contributed by atoms with E-state index in [9.17, 15) is 13.2 Å². The highest BCUT2D eigenvalue weighted by Crippen LogP contribution is 2.18. The van der Waals surface area contributed by atoms with Crippen LogP contribution in [0.2, 0.25) is 0 Å². The molecule has 1 amide bonds. The van der Waals surface area contributed by atoms with Crippen LogP contribution in [-0.2, 0) is 9.84 Å². The molecule has 0 aliphatic rings. The minimum atomic E-state index is -3.43. The van der Waals surface area contributed by atoms with Gasteiger partial charge in [-0.15, -0.1) is 0 Å². The van der Waals surface area contributed by atoms with Gasteiger partial charge in [-0.1, -0.05) is 0 Å². The average Bonchev–Trinajstić information content (AvgIpc) is 2.38. The van der Waals surface area contributed by atoms with Crippen molar-refractivity contribution in [3.63, 3.8) is 0 Å². The van der Waals surface area contributed by atoms with Crippen molar-refractivity contribution in [3.05, 3.63) is 48.3 Å². The number of rotatable bonds is 3. The zero-order valence-corrected chi connectivity index (χ0v) is 11.5. The second kappa shape index (κ2) is 5.30. The maximum Gasteiger partial charge on any atom is 0.255 e. The number of carbonyl (C=O) groups is 1. The number of benzene rings is 1. The minimum Gasteiger partial charge on any atom is -0.399 e. The summed E-state index contributed by atoms with van der Waals surface area (Å²) in [5.74, 6) is -0.449. The van der Waals surface area contributed by atoms with Gasteiger partial charge in [-0.3, -0.25) is 9.78 Å². The van der Waals surface area contributed by atoms with Crippen LogP contribution in [0.4, 0.5) is 11.4 Å². The Balaban J connectivity index is 2.33. The van der Waals surface area contributed by atoms with E-state index in [0.29, 0.717) is 5.69 Å². The van der Waals surface area contributed by atoms with Crippen LogP contribution in [0, 0.1) is 0 Å². The number of nitrogens with one attached hydrogen (secondary N) is 1. The number of nitrogens with two attached hydrogens (primary N) is 1. The van der Waals surface area contributed by atoms with Gasteiger partial charge in [0, 0.05) is 23.7 Å². The summed E-state index contributed by atoms with van der Waals surface area (Å²) in [4.78, 5) is 15.9. The van der Waals surface area contributed by atoms with Crippen molar-refractivity contribution >= 4 is 27.1 Å². The normalized spacial score (nSPS) is 11.1. The van der Waals surface area contributed by atoms with E-state index in [4.69, 9.17) is 5.73 Å². The van der Waals surface area contributed by atoms with Crippen LogP contribution in [0.1, 0.15) is 10.4 Å². The number of carbonyl (C=O) groups excluding carboxylic acids is 1. The number of hydrogen-bond acceptors (Lipinski definition) is 5. The maximum atomic E-state index is 12.1. The van der Waals surface area contributed by atoms with Crippen molar-refractivity contribution in [2.75, 3.05) is 17.3 Å². The smallest absolute Gasteiger partial charge is 0.255 e. The largest absolute Gasteiger partial charge is 0.399 e. The topological polar surface area (TPSA) is 102 Å². The van der Waals surface area contributed by atoms with E-state index in [1.54, 1.807) is 18.3 Å². The zero-order valence-electron chi connectivity index (χ0n) is 10.7. The standard InChI is InChI=1S/C13H13N3O3S/c1-20(18,19)12-6-9(5-10(14)7-12)13(17)16-11-3-2-4-15-8-11/h2-8H,14H2,1H3,(H,16,17). The first-order chi connectivity index (χ1) is 9.36. The fourth-order valence-corrected chi connectivity index (χ4v) is 2.30. The molecule has 0 fully saturated rings. The molecular formula is C13H13N3O3S. The molecule has 1 aromatic carbocycles. The molecule has 104 valence electrons. The molecule has 2 rings (SSSR count). The van der Waals surface area contributed by atoms with Gasteiger partial charge in [-0.25, -0.2) is 8.42 Å². The lowest BCUT2D eigenvalue weighted by Gasteiger charge is -2.07. The molecule has 2 aromatic rings.